The van der Waals surface area contributed by atoms with Gasteiger partial charge in [0.2, 0.25) is 0 Å². The van der Waals surface area contributed by atoms with Crippen LogP contribution in [0.15, 0.2) is 60.7 Å². The quantitative estimate of drug-likeness (QED) is 0.681. The van der Waals surface area contributed by atoms with Gasteiger partial charge in [-0.3, -0.25) is 4.98 Å². The minimum absolute atomic E-state index is 0.277. The van der Waals surface area contributed by atoms with E-state index in [1.54, 1.807) is 12.1 Å². The van der Waals surface area contributed by atoms with E-state index in [-0.39, 0.29) is 12.6 Å². The van der Waals surface area contributed by atoms with Crippen molar-refractivity contribution in [2.75, 3.05) is 0 Å². The summed E-state index contributed by atoms with van der Waals surface area (Å²) in [5.74, 6) is -0.330. The zero-order valence-corrected chi connectivity index (χ0v) is 11.7. The molecule has 104 valence electrons. The van der Waals surface area contributed by atoms with Crippen molar-refractivity contribution < 1.29 is 9.53 Å². The molecule has 0 radical (unpaired) electrons. The third kappa shape index (κ3) is 3.08. The molecule has 3 rings (SSSR count). The van der Waals surface area contributed by atoms with Crippen LogP contribution in [0.1, 0.15) is 21.6 Å². The summed E-state index contributed by atoms with van der Waals surface area (Å²) < 4.78 is 5.33. The zero-order chi connectivity index (χ0) is 14.7. The smallest absolute Gasteiger partial charge is 0.338 e. The number of hydrogen-bond donors (Lipinski definition) is 0. The first kappa shape index (κ1) is 13.3. The number of carbonyl (C=O) groups is 1. The normalized spacial score (nSPS) is 10.5. The van der Waals surface area contributed by atoms with Crippen LogP contribution in [-0.2, 0) is 11.3 Å². The Morgan fingerprint density at radius 3 is 2.62 bits per heavy atom. The van der Waals surface area contributed by atoms with Gasteiger partial charge in [-0.15, -0.1) is 0 Å². The van der Waals surface area contributed by atoms with Crippen LogP contribution in [0.4, 0.5) is 0 Å². The topological polar surface area (TPSA) is 39.2 Å². The molecule has 3 nitrogen and oxygen atoms in total. The van der Waals surface area contributed by atoms with Crippen molar-refractivity contribution in [3.63, 3.8) is 0 Å². The second kappa shape index (κ2) is 5.75. The largest absolute Gasteiger partial charge is 0.457 e. The van der Waals surface area contributed by atoms with Crippen LogP contribution in [0.5, 0.6) is 0 Å². The first-order chi connectivity index (χ1) is 10.2. The van der Waals surface area contributed by atoms with E-state index in [1.807, 2.05) is 55.5 Å². The van der Waals surface area contributed by atoms with Gasteiger partial charge in [-0.2, -0.15) is 0 Å². The average molecular weight is 277 g/mol. The van der Waals surface area contributed by atoms with Gasteiger partial charge >= 0.3 is 5.97 Å². The molecule has 0 fully saturated rings. The maximum absolute atomic E-state index is 12.1. The fourth-order valence-corrected chi connectivity index (χ4v) is 2.15. The summed E-state index contributed by atoms with van der Waals surface area (Å²) in [6.45, 7) is 2.21. The van der Waals surface area contributed by atoms with Gasteiger partial charge in [0, 0.05) is 11.1 Å². The predicted molar refractivity (Wildman–Crippen MR) is 82.0 cm³/mol. The maximum Gasteiger partial charge on any atom is 0.338 e. The van der Waals surface area contributed by atoms with Crippen molar-refractivity contribution in [3.05, 3.63) is 77.5 Å². The van der Waals surface area contributed by atoms with Gasteiger partial charge in [-0.05, 0) is 30.7 Å². The van der Waals surface area contributed by atoms with E-state index in [0.29, 0.717) is 5.56 Å². The van der Waals surface area contributed by atoms with Crippen molar-refractivity contribution in [3.8, 4) is 0 Å². The molecule has 0 amide bonds. The second-order valence-corrected chi connectivity index (χ2v) is 4.92. The third-order valence-electron chi connectivity index (χ3n) is 3.28. The van der Waals surface area contributed by atoms with E-state index in [4.69, 9.17) is 4.74 Å². The number of hydrogen-bond acceptors (Lipinski definition) is 3. The molecule has 0 saturated heterocycles. The maximum atomic E-state index is 12.1. The van der Waals surface area contributed by atoms with E-state index in [0.717, 1.165) is 22.2 Å². The van der Waals surface area contributed by atoms with E-state index in [1.165, 1.54) is 0 Å². The number of nitrogens with zero attached hydrogens (tertiary/aromatic N) is 1. The Labute approximate surface area is 123 Å². The summed E-state index contributed by atoms with van der Waals surface area (Å²) in [7, 11) is 0. The molecule has 0 aliphatic rings. The summed E-state index contributed by atoms with van der Waals surface area (Å²) in [6, 6.07) is 19.0. The number of rotatable bonds is 3. The number of aromatic nitrogens is 1. The van der Waals surface area contributed by atoms with Crippen molar-refractivity contribution >= 4 is 16.9 Å². The third-order valence-corrected chi connectivity index (χ3v) is 3.28. The van der Waals surface area contributed by atoms with Crippen LogP contribution in [0, 0.1) is 6.92 Å². The number of ether oxygens (including phenoxy) is 1. The fourth-order valence-electron chi connectivity index (χ4n) is 2.15. The molecule has 0 saturated carbocycles. The molecule has 0 spiro atoms. The zero-order valence-electron chi connectivity index (χ0n) is 11.7. The van der Waals surface area contributed by atoms with Crippen molar-refractivity contribution in [2.24, 2.45) is 0 Å². The molecule has 0 aliphatic carbocycles. The van der Waals surface area contributed by atoms with E-state index in [9.17, 15) is 4.79 Å². The van der Waals surface area contributed by atoms with E-state index in [2.05, 4.69) is 4.98 Å². The number of carbonyl (C=O) groups excluding carboxylic acids is 1. The monoisotopic (exact) mass is 277 g/mol. The lowest BCUT2D eigenvalue weighted by Gasteiger charge is -2.06. The fraction of sp³-hybridized carbons (Fsp3) is 0.111. The Balaban J connectivity index is 1.78. The lowest BCUT2D eigenvalue weighted by Crippen LogP contribution is -2.05. The Bertz CT molecular complexity index is 782. The van der Waals surface area contributed by atoms with Gasteiger partial charge in [-0.1, -0.05) is 42.5 Å². The molecule has 0 atom stereocenters. The van der Waals surface area contributed by atoms with Crippen molar-refractivity contribution in [1.29, 1.82) is 0 Å². The minimum atomic E-state index is -0.330. The SMILES string of the molecule is Cc1ccc2ccc(C(=O)OCc3ccccc3)cc2n1. The first-order valence-electron chi connectivity index (χ1n) is 6.81. The molecule has 0 bridgehead atoms. The molecular formula is C18H15NO2. The number of esters is 1. The van der Waals surface area contributed by atoms with Gasteiger partial charge in [0.1, 0.15) is 6.61 Å². The first-order valence-corrected chi connectivity index (χ1v) is 6.81. The highest BCUT2D eigenvalue weighted by atomic mass is 16.5. The summed E-state index contributed by atoms with van der Waals surface area (Å²) in [5.41, 5.74) is 3.23. The highest BCUT2D eigenvalue weighted by Crippen LogP contribution is 2.16. The van der Waals surface area contributed by atoms with Crippen molar-refractivity contribution in [2.45, 2.75) is 13.5 Å². The molecule has 3 heteroatoms. The molecular weight excluding hydrogens is 262 g/mol. The van der Waals surface area contributed by atoms with Crippen LogP contribution >= 0.6 is 0 Å². The molecule has 0 N–H and O–H groups in total. The van der Waals surface area contributed by atoms with E-state index < -0.39 is 0 Å². The molecule has 21 heavy (non-hydrogen) atoms. The summed E-state index contributed by atoms with van der Waals surface area (Å²) in [6.07, 6.45) is 0. The van der Waals surface area contributed by atoms with Crippen LogP contribution in [0.25, 0.3) is 10.9 Å². The Kier molecular flexibility index (Phi) is 3.65. The van der Waals surface area contributed by atoms with Gasteiger partial charge in [0.15, 0.2) is 0 Å². The van der Waals surface area contributed by atoms with Gasteiger partial charge in [0.25, 0.3) is 0 Å². The Morgan fingerprint density at radius 1 is 1.05 bits per heavy atom. The van der Waals surface area contributed by atoms with E-state index >= 15 is 0 Å². The highest BCUT2D eigenvalue weighted by molar-refractivity contribution is 5.94. The van der Waals surface area contributed by atoms with Crippen molar-refractivity contribution in [1.82, 2.24) is 4.98 Å². The highest BCUT2D eigenvalue weighted by Gasteiger charge is 2.08. The molecule has 2 aromatic carbocycles. The predicted octanol–water partition coefficient (Wildman–Crippen LogP) is 3.90. The Morgan fingerprint density at radius 2 is 1.81 bits per heavy atom. The lowest BCUT2D eigenvalue weighted by atomic mass is 10.1. The van der Waals surface area contributed by atoms with Crippen LogP contribution in [0.3, 0.4) is 0 Å². The summed E-state index contributed by atoms with van der Waals surface area (Å²) in [4.78, 5) is 16.5. The number of fused-ring (bicyclic) bond motifs is 1. The Hall–Kier alpha value is -2.68. The molecule has 0 aliphatic heterocycles. The van der Waals surface area contributed by atoms with Crippen LogP contribution in [-0.4, -0.2) is 11.0 Å². The molecule has 3 aromatic rings. The second-order valence-electron chi connectivity index (χ2n) is 4.92. The summed E-state index contributed by atoms with van der Waals surface area (Å²) in [5, 5.41) is 1.01. The van der Waals surface area contributed by atoms with Gasteiger partial charge in [0.05, 0.1) is 11.1 Å². The van der Waals surface area contributed by atoms with Gasteiger partial charge < -0.3 is 4.74 Å². The molecule has 1 heterocycles. The minimum Gasteiger partial charge on any atom is -0.457 e. The van der Waals surface area contributed by atoms with Crippen LogP contribution < -0.4 is 0 Å². The average Bonchev–Trinajstić information content (AvgIpc) is 2.53. The van der Waals surface area contributed by atoms with Gasteiger partial charge in [-0.25, -0.2) is 4.79 Å². The summed E-state index contributed by atoms with van der Waals surface area (Å²) >= 11 is 0. The number of aryl methyl sites for hydroxylation is 1. The number of benzene rings is 2. The molecule has 1 aromatic heterocycles. The molecule has 0 unspecified atom stereocenters. The standard InChI is InChI=1S/C18H15NO2/c1-13-7-8-15-9-10-16(11-17(15)19-13)18(20)21-12-14-5-3-2-4-6-14/h2-11H,12H2,1H3. The lowest BCUT2D eigenvalue weighted by molar-refractivity contribution is 0.0473. The number of pyridine rings is 1. The van der Waals surface area contributed by atoms with Crippen LogP contribution in [0.2, 0.25) is 0 Å².